The quantitative estimate of drug-likeness (QED) is 0.628. The summed E-state index contributed by atoms with van der Waals surface area (Å²) in [5.74, 6) is 5.09. The zero-order valence-corrected chi connectivity index (χ0v) is 12.0. The van der Waals surface area contributed by atoms with Crippen molar-refractivity contribution in [1.82, 2.24) is 9.80 Å². The van der Waals surface area contributed by atoms with Gasteiger partial charge in [-0.15, -0.1) is 0 Å². The zero-order chi connectivity index (χ0) is 14.7. The molecular weight excluding hydrogens is 280 g/mol. The molecule has 0 bridgehead atoms. The predicted molar refractivity (Wildman–Crippen MR) is 77.4 cm³/mol. The molecule has 2 rings (SSSR count). The number of hydrogen-bond acceptors (Lipinski definition) is 4. The maximum Gasteiger partial charge on any atom is 0.256 e. The Balaban J connectivity index is 2.26. The van der Waals surface area contributed by atoms with E-state index in [1.54, 1.807) is 30.1 Å². The standard InChI is InChI=1S/C13H17ClN4O2/c1-17-5-2-6-18(8-12(17)19)13(20)10-7-9(14)3-4-11(10)16-15/h3-4,7,16H,2,5-6,8,15H2,1H3. The molecule has 1 aliphatic heterocycles. The van der Waals surface area contributed by atoms with Crippen molar-refractivity contribution in [3.8, 4) is 0 Å². The highest BCUT2D eigenvalue weighted by molar-refractivity contribution is 6.31. The van der Waals surface area contributed by atoms with E-state index in [9.17, 15) is 9.59 Å². The van der Waals surface area contributed by atoms with E-state index in [2.05, 4.69) is 5.43 Å². The molecule has 1 aromatic rings. The van der Waals surface area contributed by atoms with Crippen molar-refractivity contribution in [3.05, 3.63) is 28.8 Å². The number of nitrogens with zero attached hydrogens (tertiary/aromatic N) is 2. The molecule has 1 fully saturated rings. The fourth-order valence-corrected chi connectivity index (χ4v) is 2.32. The highest BCUT2D eigenvalue weighted by Crippen LogP contribution is 2.22. The van der Waals surface area contributed by atoms with Crippen LogP contribution >= 0.6 is 11.6 Å². The van der Waals surface area contributed by atoms with Crippen LogP contribution in [0.2, 0.25) is 5.02 Å². The first kappa shape index (κ1) is 14.6. The number of benzene rings is 1. The largest absolute Gasteiger partial charge is 0.344 e. The van der Waals surface area contributed by atoms with Crippen molar-refractivity contribution in [3.63, 3.8) is 0 Å². The summed E-state index contributed by atoms with van der Waals surface area (Å²) < 4.78 is 0. The van der Waals surface area contributed by atoms with Crippen LogP contribution < -0.4 is 11.3 Å². The Labute approximate surface area is 122 Å². The number of nitrogen functional groups attached to an aromatic ring is 1. The van der Waals surface area contributed by atoms with Gasteiger partial charge in [-0.05, 0) is 24.6 Å². The third-order valence-corrected chi connectivity index (χ3v) is 3.56. The van der Waals surface area contributed by atoms with Crippen LogP contribution in [0.4, 0.5) is 5.69 Å². The van der Waals surface area contributed by atoms with E-state index in [0.717, 1.165) is 6.42 Å². The van der Waals surface area contributed by atoms with Gasteiger partial charge in [0.2, 0.25) is 5.91 Å². The topological polar surface area (TPSA) is 78.7 Å². The van der Waals surface area contributed by atoms with Crippen LogP contribution in [0.1, 0.15) is 16.8 Å². The van der Waals surface area contributed by atoms with E-state index in [1.807, 2.05) is 0 Å². The van der Waals surface area contributed by atoms with Gasteiger partial charge in [-0.3, -0.25) is 15.4 Å². The molecule has 0 spiro atoms. The Bertz CT molecular complexity index is 535. The smallest absolute Gasteiger partial charge is 0.256 e. The summed E-state index contributed by atoms with van der Waals surface area (Å²) in [6.45, 7) is 1.26. The maximum absolute atomic E-state index is 12.5. The number of nitrogens with two attached hydrogens (primary N) is 1. The third kappa shape index (κ3) is 3.02. The van der Waals surface area contributed by atoms with Gasteiger partial charge < -0.3 is 15.2 Å². The van der Waals surface area contributed by atoms with Gasteiger partial charge in [0, 0.05) is 25.2 Å². The van der Waals surface area contributed by atoms with Crippen molar-refractivity contribution in [2.45, 2.75) is 6.42 Å². The second-order valence-electron chi connectivity index (χ2n) is 4.73. The molecule has 0 unspecified atom stereocenters. The van der Waals surface area contributed by atoms with Crippen molar-refractivity contribution in [2.24, 2.45) is 5.84 Å². The number of nitrogens with one attached hydrogen (secondary N) is 1. The van der Waals surface area contributed by atoms with E-state index in [-0.39, 0.29) is 18.4 Å². The number of carbonyl (C=O) groups is 2. The van der Waals surface area contributed by atoms with Gasteiger partial charge in [-0.2, -0.15) is 0 Å². The Kier molecular flexibility index (Phi) is 4.46. The molecule has 20 heavy (non-hydrogen) atoms. The Morgan fingerprint density at radius 2 is 2.15 bits per heavy atom. The monoisotopic (exact) mass is 296 g/mol. The van der Waals surface area contributed by atoms with Gasteiger partial charge in [0.05, 0.1) is 11.3 Å². The fourth-order valence-electron chi connectivity index (χ4n) is 2.15. The first-order valence-electron chi connectivity index (χ1n) is 6.32. The average Bonchev–Trinajstić information content (AvgIpc) is 2.60. The van der Waals surface area contributed by atoms with Gasteiger partial charge in [0.15, 0.2) is 0 Å². The minimum atomic E-state index is -0.246. The molecule has 6 nitrogen and oxygen atoms in total. The minimum absolute atomic E-state index is 0.0693. The normalized spacial score (nSPS) is 16.1. The average molecular weight is 297 g/mol. The van der Waals surface area contributed by atoms with Crippen LogP contribution in [0.5, 0.6) is 0 Å². The van der Waals surface area contributed by atoms with Crippen LogP contribution in [-0.2, 0) is 4.79 Å². The minimum Gasteiger partial charge on any atom is -0.344 e. The van der Waals surface area contributed by atoms with E-state index in [0.29, 0.717) is 29.4 Å². The molecule has 108 valence electrons. The summed E-state index contributed by atoms with van der Waals surface area (Å²) in [4.78, 5) is 27.5. The van der Waals surface area contributed by atoms with Crippen molar-refractivity contribution in [1.29, 1.82) is 0 Å². The van der Waals surface area contributed by atoms with Crippen molar-refractivity contribution in [2.75, 3.05) is 32.1 Å². The van der Waals surface area contributed by atoms with Crippen LogP contribution in [0.25, 0.3) is 0 Å². The molecule has 7 heteroatoms. The highest BCUT2D eigenvalue weighted by atomic mass is 35.5. The zero-order valence-electron chi connectivity index (χ0n) is 11.2. The fraction of sp³-hybridized carbons (Fsp3) is 0.385. The maximum atomic E-state index is 12.5. The lowest BCUT2D eigenvalue weighted by atomic mass is 10.1. The molecule has 0 radical (unpaired) electrons. The Morgan fingerprint density at radius 1 is 1.40 bits per heavy atom. The Morgan fingerprint density at radius 3 is 2.85 bits per heavy atom. The van der Waals surface area contributed by atoms with E-state index in [4.69, 9.17) is 17.4 Å². The van der Waals surface area contributed by atoms with Gasteiger partial charge in [-0.1, -0.05) is 11.6 Å². The molecule has 0 atom stereocenters. The number of likely N-dealkylation sites (N-methyl/N-ethyl adjacent to an activating group) is 1. The number of hydrogen-bond donors (Lipinski definition) is 2. The second-order valence-corrected chi connectivity index (χ2v) is 5.17. The highest BCUT2D eigenvalue weighted by Gasteiger charge is 2.25. The SMILES string of the molecule is CN1CCCN(C(=O)c2cc(Cl)ccc2NN)CC1=O. The summed E-state index contributed by atoms with van der Waals surface area (Å²) in [7, 11) is 1.74. The summed E-state index contributed by atoms with van der Waals surface area (Å²) >= 11 is 5.93. The van der Waals surface area contributed by atoms with Crippen molar-refractivity contribution >= 4 is 29.1 Å². The number of amides is 2. The molecule has 1 aliphatic rings. The van der Waals surface area contributed by atoms with Crippen LogP contribution in [-0.4, -0.2) is 48.3 Å². The van der Waals surface area contributed by atoms with Gasteiger partial charge >= 0.3 is 0 Å². The molecule has 0 aliphatic carbocycles. The molecular formula is C13H17ClN4O2. The first-order valence-corrected chi connectivity index (χ1v) is 6.70. The lowest BCUT2D eigenvalue weighted by molar-refractivity contribution is -0.129. The van der Waals surface area contributed by atoms with E-state index < -0.39 is 0 Å². The molecule has 0 saturated carbocycles. The number of anilines is 1. The van der Waals surface area contributed by atoms with E-state index in [1.165, 1.54) is 4.90 Å². The summed E-state index contributed by atoms with van der Waals surface area (Å²) in [5.41, 5.74) is 3.34. The van der Waals surface area contributed by atoms with Gasteiger partial charge in [0.1, 0.15) is 6.54 Å². The summed E-state index contributed by atoms with van der Waals surface area (Å²) in [6.07, 6.45) is 0.750. The van der Waals surface area contributed by atoms with Crippen LogP contribution in [0.3, 0.4) is 0 Å². The van der Waals surface area contributed by atoms with Crippen LogP contribution in [0, 0.1) is 0 Å². The summed E-state index contributed by atoms with van der Waals surface area (Å²) in [6, 6.07) is 4.84. The number of halogens is 1. The van der Waals surface area contributed by atoms with Crippen molar-refractivity contribution < 1.29 is 9.59 Å². The first-order chi connectivity index (χ1) is 9.52. The molecule has 0 aromatic heterocycles. The molecule has 3 N–H and O–H groups in total. The third-order valence-electron chi connectivity index (χ3n) is 3.33. The predicted octanol–water partition coefficient (Wildman–Crippen LogP) is 0.930. The molecule has 2 amide bonds. The second kappa shape index (κ2) is 6.11. The summed E-state index contributed by atoms with van der Waals surface area (Å²) in [5, 5.41) is 0.450. The van der Waals surface area contributed by atoms with Crippen LogP contribution in [0.15, 0.2) is 18.2 Å². The van der Waals surface area contributed by atoms with Gasteiger partial charge in [0.25, 0.3) is 5.91 Å². The molecule has 1 heterocycles. The lowest BCUT2D eigenvalue weighted by Crippen LogP contribution is -2.38. The van der Waals surface area contributed by atoms with Gasteiger partial charge in [-0.25, -0.2) is 0 Å². The Hall–Kier alpha value is -1.79. The van der Waals surface area contributed by atoms with E-state index >= 15 is 0 Å². The lowest BCUT2D eigenvalue weighted by Gasteiger charge is -2.21. The number of carbonyl (C=O) groups excluding carboxylic acids is 2. The molecule has 1 aromatic carbocycles. The number of hydrazine groups is 1. The molecule has 1 saturated heterocycles. The number of rotatable bonds is 2.